The van der Waals surface area contributed by atoms with Crippen LogP contribution in [0, 0.1) is 5.41 Å². The summed E-state index contributed by atoms with van der Waals surface area (Å²) in [5.74, 6) is 1.30. The molecule has 18 heavy (non-hydrogen) atoms. The number of hydrogen-bond acceptors (Lipinski definition) is 3. The third-order valence-corrected chi connectivity index (χ3v) is 5.26. The van der Waals surface area contributed by atoms with Crippen molar-refractivity contribution in [2.75, 3.05) is 18.1 Å². The molecule has 0 aromatic rings. The molecule has 1 amide bonds. The Balaban J connectivity index is 1.99. The van der Waals surface area contributed by atoms with Crippen molar-refractivity contribution < 1.29 is 14.7 Å². The van der Waals surface area contributed by atoms with E-state index in [2.05, 4.69) is 6.92 Å². The van der Waals surface area contributed by atoms with E-state index in [0.29, 0.717) is 12.8 Å². The van der Waals surface area contributed by atoms with E-state index in [1.54, 1.807) is 0 Å². The summed E-state index contributed by atoms with van der Waals surface area (Å²) in [5, 5.41) is 9.28. The Kier molecular flexibility index (Phi) is 4.20. The summed E-state index contributed by atoms with van der Waals surface area (Å²) in [6.07, 6.45) is 3.45. The first kappa shape index (κ1) is 13.7. The van der Waals surface area contributed by atoms with Crippen molar-refractivity contribution in [2.45, 2.75) is 45.1 Å². The van der Waals surface area contributed by atoms with Gasteiger partial charge in [-0.1, -0.05) is 6.42 Å². The van der Waals surface area contributed by atoms with Crippen molar-refractivity contribution in [3.8, 4) is 0 Å². The van der Waals surface area contributed by atoms with Gasteiger partial charge in [-0.15, -0.1) is 0 Å². The van der Waals surface area contributed by atoms with Gasteiger partial charge in [0.25, 0.3) is 0 Å². The van der Waals surface area contributed by atoms with Crippen LogP contribution in [0.5, 0.6) is 0 Å². The fraction of sp³-hybridized carbons (Fsp3) is 0.846. The monoisotopic (exact) mass is 271 g/mol. The van der Waals surface area contributed by atoms with E-state index >= 15 is 0 Å². The predicted octanol–water partition coefficient (Wildman–Crippen LogP) is 1.99. The minimum atomic E-state index is -0.793. The van der Waals surface area contributed by atoms with Crippen LogP contribution in [-0.2, 0) is 9.59 Å². The minimum Gasteiger partial charge on any atom is -0.481 e. The number of carbonyl (C=O) groups excluding carboxylic acids is 1. The molecule has 2 fully saturated rings. The van der Waals surface area contributed by atoms with Crippen LogP contribution in [0.25, 0.3) is 0 Å². The van der Waals surface area contributed by atoms with E-state index in [-0.39, 0.29) is 18.4 Å². The number of carboxylic acids is 1. The molecule has 1 heterocycles. The highest BCUT2D eigenvalue weighted by atomic mass is 32.2. The van der Waals surface area contributed by atoms with Crippen molar-refractivity contribution in [1.82, 2.24) is 4.90 Å². The summed E-state index contributed by atoms with van der Waals surface area (Å²) in [6.45, 7) is 2.83. The molecule has 5 heteroatoms. The lowest BCUT2D eigenvalue weighted by atomic mass is 9.66. The third kappa shape index (κ3) is 2.66. The molecule has 1 aliphatic heterocycles. The molecule has 1 saturated heterocycles. The van der Waals surface area contributed by atoms with Gasteiger partial charge in [0.2, 0.25) is 5.91 Å². The lowest BCUT2D eigenvalue weighted by Crippen LogP contribution is -2.46. The smallest absolute Gasteiger partial charge is 0.310 e. The van der Waals surface area contributed by atoms with Crippen LogP contribution in [0.15, 0.2) is 0 Å². The van der Waals surface area contributed by atoms with Gasteiger partial charge < -0.3 is 10.0 Å². The van der Waals surface area contributed by atoms with Crippen molar-refractivity contribution in [3.63, 3.8) is 0 Å². The van der Waals surface area contributed by atoms with Gasteiger partial charge in [-0.25, -0.2) is 0 Å². The topological polar surface area (TPSA) is 57.6 Å². The molecule has 1 atom stereocenters. The SMILES string of the molecule is CC1CCSCCN1C(=O)CC1(C(=O)O)CCC1. The number of rotatable bonds is 3. The molecular formula is C13H21NO3S. The normalized spacial score (nSPS) is 27.2. The lowest BCUT2D eigenvalue weighted by molar-refractivity contribution is -0.160. The van der Waals surface area contributed by atoms with Gasteiger partial charge in [0.1, 0.15) is 0 Å². The standard InChI is InChI=1S/C13H21NO3S/c1-10-3-7-18-8-6-14(10)11(15)9-13(12(16)17)4-2-5-13/h10H,2-9H2,1H3,(H,16,17). The summed E-state index contributed by atoms with van der Waals surface area (Å²) in [4.78, 5) is 25.5. The number of carboxylic acid groups (broad SMARTS) is 1. The Labute approximate surface area is 112 Å². The molecular weight excluding hydrogens is 250 g/mol. The Morgan fingerprint density at radius 3 is 2.67 bits per heavy atom. The molecule has 102 valence electrons. The van der Waals surface area contributed by atoms with Crippen molar-refractivity contribution in [2.24, 2.45) is 5.41 Å². The van der Waals surface area contributed by atoms with Gasteiger partial charge in [-0.05, 0) is 31.9 Å². The Bertz CT molecular complexity index is 341. The van der Waals surface area contributed by atoms with Crippen molar-refractivity contribution in [3.05, 3.63) is 0 Å². The number of thioether (sulfide) groups is 1. The minimum absolute atomic E-state index is 0.0344. The van der Waals surface area contributed by atoms with Crippen LogP contribution in [0.4, 0.5) is 0 Å². The molecule has 0 aromatic heterocycles. The predicted molar refractivity (Wildman–Crippen MR) is 71.7 cm³/mol. The zero-order valence-corrected chi connectivity index (χ0v) is 11.7. The average Bonchev–Trinajstić information content (AvgIpc) is 2.47. The largest absolute Gasteiger partial charge is 0.481 e. The van der Waals surface area contributed by atoms with Crippen LogP contribution in [-0.4, -0.2) is 46.0 Å². The molecule has 2 rings (SSSR count). The van der Waals surface area contributed by atoms with Crippen molar-refractivity contribution >= 4 is 23.6 Å². The highest BCUT2D eigenvalue weighted by Crippen LogP contribution is 2.44. The molecule has 1 saturated carbocycles. The highest BCUT2D eigenvalue weighted by Gasteiger charge is 2.46. The quantitative estimate of drug-likeness (QED) is 0.853. The van der Waals surface area contributed by atoms with Crippen LogP contribution >= 0.6 is 11.8 Å². The van der Waals surface area contributed by atoms with E-state index < -0.39 is 11.4 Å². The first-order valence-corrected chi connectivity index (χ1v) is 7.81. The molecule has 0 aromatic carbocycles. The van der Waals surface area contributed by atoms with E-state index in [1.165, 1.54) is 0 Å². The second kappa shape index (κ2) is 5.51. The second-order valence-electron chi connectivity index (χ2n) is 5.45. The fourth-order valence-corrected chi connectivity index (χ4v) is 3.76. The highest BCUT2D eigenvalue weighted by molar-refractivity contribution is 7.99. The summed E-state index contributed by atoms with van der Waals surface area (Å²) in [6, 6.07) is 0.249. The van der Waals surface area contributed by atoms with Crippen LogP contribution in [0.1, 0.15) is 39.0 Å². The summed E-state index contributed by atoms with van der Waals surface area (Å²) in [7, 11) is 0. The molecule has 1 unspecified atom stereocenters. The van der Waals surface area contributed by atoms with E-state index in [4.69, 9.17) is 0 Å². The zero-order valence-electron chi connectivity index (χ0n) is 10.9. The number of amides is 1. The molecule has 0 spiro atoms. The third-order valence-electron chi connectivity index (χ3n) is 4.26. The lowest BCUT2D eigenvalue weighted by Gasteiger charge is -2.39. The first-order chi connectivity index (χ1) is 8.55. The molecule has 1 aliphatic carbocycles. The number of hydrogen-bond donors (Lipinski definition) is 1. The summed E-state index contributed by atoms with van der Waals surface area (Å²) in [5.41, 5.74) is -0.754. The van der Waals surface area contributed by atoms with E-state index in [0.717, 1.165) is 30.9 Å². The molecule has 1 N–H and O–H groups in total. The van der Waals surface area contributed by atoms with Crippen molar-refractivity contribution in [1.29, 1.82) is 0 Å². The van der Waals surface area contributed by atoms with Gasteiger partial charge in [0.15, 0.2) is 0 Å². The molecule has 4 nitrogen and oxygen atoms in total. The maximum Gasteiger partial charge on any atom is 0.310 e. The Morgan fingerprint density at radius 2 is 2.11 bits per heavy atom. The van der Waals surface area contributed by atoms with Gasteiger partial charge in [0, 0.05) is 24.8 Å². The van der Waals surface area contributed by atoms with E-state index in [9.17, 15) is 14.7 Å². The fourth-order valence-electron chi connectivity index (χ4n) is 2.73. The van der Waals surface area contributed by atoms with Crippen LogP contribution in [0.2, 0.25) is 0 Å². The average molecular weight is 271 g/mol. The Morgan fingerprint density at radius 1 is 1.39 bits per heavy atom. The number of carbonyl (C=O) groups is 2. The van der Waals surface area contributed by atoms with Crippen LogP contribution in [0.3, 0.4) is 0 Å². The molecule has 2 aliphatic rings. The van der Waals surface area contributed by atoms with Gasteiger partial charge >= 0.3 is 5.97 Å². The molecule has 0 radical (unpaired) electrons. The van der Waals surface area contributed by atoms with Gasteiger partial charge in [0.05, 0.1) is 5.41 Å². The second-order valence-corrected chi connectivity index (χ2v) is 6.68. The summed E-state index contributed by atoms with van der Waals surface area (Å²) >= 11 is 1.87. The summed E-state index contributed by atoms with van der Waals surface area (Å²) < 4.78 is 0. The first-order valence-electron chi connectivity index (χ1n) is 6.66. The zero-order chi connectivity index (χ0) is 13.2. The van der Waals surface area contributed by atoms with Gasteiger partial charge in [-0.3, -0.25) is 9.59 Å². The Hall–Kier alpha value is -0.710. The number of aliphatic carboxylic acids is 1. The maximum absolute atomic E-state index is 12.3. The maximum atomic E-state index is 12.3. The van der Waals surface area contributed by atoms with Crippen LogP contribution < -0.4 is 0 Å². The number of nitrogens with zero attached hydrogens (tertiary/aromatic N) is 1. The molecule has 0 bridgehead atoms. The van der Waals surface area contributed by atoms with Gasteiger partial charge in [-0.2, -0.15) is 11.8 Å². The van der Waals surface area contributed by atoms with E-state index in [1.807, 2.05) is 16.7 Å².